The van der Waals surface area contributed by atoms with Crippen LogP contribution < -0.4 is 10.1 Å². The summed E-state index contributed by atoms with van der Waals surface area (Å²) >= 11 is 0. The molecule has 0 radical (unpaired) electrons. The molecular weight excluding hydrogens is 246 g/mol. The minimum absolute atomic E-state index is 0.437. The fourth-order valence-electron chi connectivity index (χ4n) is 3.93. The van der Waals surface area contributed by atoms with Crippen LogP contribution in [0.5, 0.6) is 5.75 Å². The van der Waals surface area contributed by atoms with Crippen molar-refractivity contribution in [2.24, 2.45) is 0 Å². The number of anilines is 1. The van der Waals surface area contributed by atoms with Crippen molar-refractivity contribution in [3.63, 3.8) is 0 Å². The number of aryl methyl sites for hydroxylation is 2. The third-order valence-electron chi connectivity index (χ3n) is 4.84. The smallest absolute Gasteiger partial charge is 0.119 e. The molecule has 1 aliphatic carbocycles. The minimum Gasteiger partial charge on any atom is -0.497 e. The molecule has 0 saturated carbocycles. The van der Waals surface area contributed by atoms with E-state index in [-0.39, 0.29) is 0 Å². The Bertz CT molecular complexity index is 705. The molecule has 4 rings (SSSR count). The molecule has 2 atom stereocenters. The number of nitrogens with one attached hydrogen (secondary N) is 1. The van der Waals surface area contributed by atoms with Crippen molar-refractivity contribution in [2.45, 2.75) is 32.2 Å². The molecule has 1 heterocycles. The highest BCUT2D eigenvalue weighted by atomic mass is 16.5. The van der Waals surface area contributed by atoms with Gasteiger partial charge in [-0.3, -0.25) is 0 Å². The molecule has 2 aliphatic rings. The lowest BCUT2D eigenvalue weighted by molar-refractivity contribution is 0.414. The van der Waals surface area contributed by atoms with Crippen molar-refractivity contribution < 1.29 is 4.74 Å². The van der Waals surface area contributed by atoms with Crippen LogP contribution in [0.4, 0.5) is 5.69 Å². The number of hydrogen-bond donors (Lipinski definition) is 1. The van der Waals surface area contributed by atoms with Crippen LogP contribution in [0.2, 0.25) is 0 Å². The van der Waals surface area contributed by atoms with E-state index in [1.807, 2.05) is 0 Å². The summed E-state index contributed by atoms with van der Waals surface area (Å²) in [6.45, 7) is 4.38. The van der Waals surface area contributed by atoms with Gasteiger partial charge in [-0.2, -0.15) is 0 Å². The second-order valence-corrected chi connectivity index (χ2v) is 5.99. The summed E-state index contributed by atoms with van der Waals surface area (Å²) in [6.07, 6.45) is 1.13. The van der Waals surface area contributed by atoms with Crippen molar-refractivity contribution in [3.05, 3.63) is 58.1 Å². The van der Waals surface area contributed by atoms with Crippen molar-refractivity contribution >= 4 is 5.69 Å². The van der Waals surface area contributed by atoms with Gasteiger partial charge in [-0.05, 0) is 60.2 Å². The van der Waals surface area contributed by atoms with Crippen molar-refractivity contribution in [1.29, 1.82) is 0 Å². The van der Waals surface area contributed by atoms with E-state index in [2.05, 4.69) is 49.5 Å². The molecule has 2 nitrogen and oxygen atoms in total. The van der Waals surface area contributed by atoms with Crippen LogP contribution in [0, 0.1) is 13.8 Å². The molecule has 2 heteroatoms. The molecule has 0 bridgehead atoms. The molecule has 0 unspecified atom stereocenters. The maximum atomic E-state index is 5.44. The molecule has 0 saturated heterocycles. The van der Waals surface area contributed by atoms with E-state index in [1.54, 1.807) is 7.11 Å². The first-order chi connectivity index (χ1) is 9.69. The quantitative estimate of drug-likeness (QED) is 0.837. The van der Waals surface area contributed by atoms with E-state index in [1.165, 1.54) is 33.5 Å². The zero-order chi connectivity index (χ0) is 13.9. The largest absolute Gasteiger partial charge is 0.497 e. The van der Waals surface area contributed by atoms with E-state index in [4.69, 9.17) is 4.74 Å². The van der Waals surface area contributed by atoms with Crippen LogP contribution in [-0.4, -0.2) is 7.11 Å². The van der Waals surface area contributed by atoms with Gasteiger partial charge in [-0.25, -0.2) is 0 Å². The third kappa shape index (κ3) is 1.45. The van der Waals surface area contributed by atoms with E-state index in [0.717, 1.165) is 12.2 Å². The van der Waals surface area contributed by atoms with Crippen LogP contribution in [0.25, 0.3) is 0 Å². The first kappa shape index (κ1) is 11.8. The Morgan fingerprint density at radius 1 is 1.15 bits per heavy atom. The Morgan fingerprint density at radius 3 is 2.80 bits per heavy atom. The Kier molecular flexibility index (Phi) is 2.38. The van der Waals surface area contributed by atoms with Crippen LogP contribution in [0.15, 0.2) is 30.3 Å². The highest BCUT2D eigenvalue weighted by Gasteiger charge is 2.41. The topological polar surface area (TPSA) is 21.3 Å². The summed E-state index contributed by atoms with van der Waals surface area (Å²) in [4.78, 5) is 0. The van der Waals surface area contributed by atoms with Crippen molar-refractivity contribution in [3.8, 4) is 5.75 Å². The number of benzene rings is 2. The molecule has 1 N–H and O–H groups in total. The first-order valence-electron chi connectivity index (χ1n) is 7.22. The number of rotatable bonds is 1. The summed E-state index contributed by atoms with van der Waals surface area (Å²) in [6, 6.07) is 11.4. The monoisotopic (exact) mass is 265 g/mol. The third-order valence-corrected chi connectivity index (χ3v) is 4.84. The molecule has 0 fully saturated rings. The first-order valence-corrected chi connectivity index (χ1v) is 7.22. The SMILES string of the molecule is COc1cc(C)c2c(c1)[C@H]1Cc3cccc(C)c3[C@H]1N2. The van der Waals surface area contributed by atoms with Gasteiger partial charge in [0.25, 0.3) is 0 Å². The lowest BCUT2D eigenvalue weighted by atomic mass is 9.94. The van der Waals surface area contributed by atoms with Gasteiger partial charge in [0.05, 0.1) is 13.2 Å². The van der Waals surface area contributed by atoms with Crippen LogP contribution in [0.3, 0.4) is 0 Å². The van der Waals surface area contributed by atoms with Crippen LogP contribution in [0.1, 0.15) is 39.8 Å². The van der Waals surface area contributed by atoms with E-state index in [0.29, 0.717) is 12.0 Å². The van der Waals surface area contributed by atoms with Crippen molar-refractivity contribution in [1.82, 2.24) is 0 Å². The van der Waals surface area contributed by atoms with Gasteiger partial charge >= 0.3 is 0 Å². The normalized spacial score (nSPS) is 21.9. The molecule has 1 aliphatic heterocycles. The maximum absolute atomic E-state index is 5.44. The second kappa shape index (κ2) is 4.02. The summed E-state index contributed by atoms with van der Waals surface area (Å²) < 4.78 is 5.44. The average Bonchev–Trinajstić information content (AvgIpc) is 2.96. The van der Waals surface area contributed by atoms with Gasteiger partial charge in [-0.1, -0.05) is 18.2 Å². The molecule has 0 spiro atoms. The lowest BCUT2D eigenvalue weighted by Gasteiger charge is -2.14. The second-order valence-electron chi connectivity index (χ2n) is 5.99. The lowest BCUT2D eigenvalue weighted by Crippen LogP contribution is -2.07. The number of fused-ring (bicyclic) bond motifs is 5. The average molecular weight is 265 g/mol. The summed E-state index contributed by atoms with van der Waals surface area (Å²) in [5.41, 5.74) is 8.42. The Labute approximate surface area is 119 Å². The highest BCUT2D eigenvalue weighted by molar-refractivity contribution is 5.70. The molecule has 20 heavy (non-hydrogen) atoms. The van der Waals surface area contributed by atoms with Crippen molar-refractivity contribution in [2.75, 3.05) is 12.4 Å². The molecule has 102 valence electrons. The van der Waals surface area contributed by atoms with E-state index < -0.39 is 0 Å². The maximum Gasteiger partial charge on any atom is 0.119 e. The van der Waals surface area contributed by atoms with Crippen LogP contribution in [-0.2, 0) is 6.42 Å². The van der Waals surface area contributed by atoms with Gasteiger partial charge in [0.2, 0.25) is 0 Å². The summed E-state index contributed by atoms with van der Waals surface area (Å²) in [7, 11) is 1.74. The standard InChI is InChI=1S/C18H19NO/c1-10-5-4-6-12-8-14-15-9-13(20-3)7-11(2)17(15)19-18(14)16(10)12/h4-7,9,14,18-19H,8H2,1-3H3/t14-,18+/m1/s1. The Balaban J connectivity index is 1.85. The highest BCUT2D eigenvalue weighted by Crippen LogP contribution is 2.53. The zero-order valence-electron chi connectivity index (χ0n) is 12.2. The molecule has 2 aromatic rings. The van der Waals surface area contributed by atoms with Gasteiger partial charge in [0, 0.05) is 11.6 Å². The Hall–Kier alpha value is -1.96. The van der Waals surface area contributed by atoms with Gasteiger partial charge in [-0.15, -0.1) is 0 Å². The number of hydrogen-bond acceptors (Lipinski definition) is 2. The molecule has 2 aromatic carbocycles. The van der Waals surface area contributed by atoms with Crippen LogP contribution >= 0.6 is 0 Å². The zero-order valence-corrected chi connectivity index (χ0v) is 12.2. The van der Waals surface area contributed by atoms with Gasteiger partial charge < -0.3 is 10.1 Å². The Morgan fingerprint density at radius 2 is 2.00 bits per heavy atom. The summed E-state index contributed by atoms with van der Waals surface area (Å²) in [5.74, 6) is 1.52. The predicted molar refractivity (Wildman–Crippen MR) is 81.7 cm³/mol. The van der Waals surface area contributed by atoms with Gasteiger partial charge in [0.15, 0.2) is 0 Å². The number of ether oxygens (including phenoxy) is 1. The predicted octanol–water partition coefficient (Wildman–Crippen LogP) is 4.12. The van der Waals surface area contributed by atoms with Gasteiger partial charge in [0.1, 0.15) is 5.75 Å². The molecule has 0 aromatic heterocycles. The molecular formula is C18H19NO. The van der Waals surface area contributed by atoms with E-state index >= 15 is 0 Å². The number of methoxy groups -OCH3 is 1. The fourth-order valence-corrected chi connectivity index (χ4v) is 3.93. The summed E-state index contributed by atoms with van der Waals surface area (Å²) in [5, 5.41) is 3.76. The molecule has 0 amide bonds. The fraction of sp³-hybridized carbons (Fsp3) is 0.333. The minimum atomic E-state index is 0.437. The van der Waals surface area contributed by atoms with E-state index in [9.17, 15) is 0 Å².